The van der Waals surface area contributed by atoms with Crippen LogP contribution >= 0.6 is 15.9 Å². The van der Waals surface area contributed by atoms with Crippen molar-refractivity contribution < 1.29 is 9.18 Å². The van der Waals surface area contributed by atoms with Crippen molar-refractivity contribution >= 4 is 27.5 Å². The minimum atomic E-state index is -0.350. The molecule has 104 valence electrons. The van der Waals surface area contributed by atoms with E-state index in [1.165, 1.54) is 12.1 Å². The van der Waals surface area contributed by atoms with Crippen molar-refractivity contribution in [1.82, 2.24) is 0 Å². The highest BCUT2D eigenvalue weighted by Crippen LogP contribution is 2.23. The van der Waals surface area contributed by atoms with Gasteiger partial charge in [-0.1, -0.05) is 17.7 Å². The largest absolute Gasteiger partial charge is 0.309 e. The standard InChI is InChI=1S/C16H15BrFNO/c1-3-19(13-6-4-5-12(18)10-13)16(20)14-9-11(2)7-8-15(14)17/h4-10H,3H2,1-2H3. The van der Waals surface area contributed by atoms with Crippen LogP contribution in [0.25, 0.3) is 0 Å². The Morgan fingerprint density at radius 2 is 2.00 bits per heavy atom. The van der Waals surface area contributed by atoms with Crippen molar-refractivity contribution in [1.29, 1.82) is 0 Å². The topological polar surface area (TPSA) is 20.3 Å². The predicted molar refractivity (Wildman–Crippen MR) is 82.6 cm³/mol. The zero-order valence-corrected chi connectivity index (χ0v) is 12.9. The zero-order valence-electron chi connectivity index (χ0n) is 11.4. The van der Waals surface area contributed by atoms with E-state index in [2.05, 4.69) is 15.9 Å². The van der Waals surface area contributed by atoms with Crippen molar-refractivity contribution in [2.45, 2.75) is 13.8 Å². The summed E-state index contributed by atoms with van der Waals surface area (Å²) in [7, 11) is 0. The maximum Gasteiger partial charge on any atom is 0.259 e. The summed E-state index contributed by atoms with van der Waals surface area (Å²) in [5.41, 5.74) is 2.15. The minimum Gasteiger partial charge on any atom is -0.309 e. The molecule has 0 spiro atoms. The minimum absolute atomic E-state index is 0.145. The Kier molecular flexibility index (Phi) is 4.55. The van der Waals surface area contributed by atoms with Crippen LogP contribution in [-0.4, -0.2) is 12.5 Å². The predicted octanol–water partition coefficient (Wildman–Crippen LogP) is 4.56. The number of anilines is 1. The molecule has 4 heteroatoms. The van der Waals surface area contributed by atoms with Gasteiger partial charge in [0, 0.05) is 16.7 Å². The Labute approximate surface area is 126 Å². The molecule has 0 heterocycles. The maximum atomic E-state index is 13.3. The van der Waals surface area contributed by atoms with Crippen molar-refractivity contribution in [3.63, 3.8) is 0 Å². The quantitative estimate of drug-likeness (QED) is 0.804. The third-order valence-electron chi connectivity index (χ3n) is 3.03. The molecule has 0 N–H and O–H groups in total. The molecule has 20 heavy (non-hydrogen) atoms. The van der Waals surface area contributed by atoms with Gasteiger partial charge in [-0.05, 0) is 60.1 Å². The fourth-order valence-electron chi connectivity index (χ4n) is 2.04. The molecule has 2 aromatic rings. The average Bonchev–Trinajstić information content (AvgIpc) is 2.42. The van der Waals surface area contributed by atoms with E-state index in [4.69, 9.17) is 0 Å². The second-order valence-corrected chi connectivity index (χ2v) is 5.37. The first-order valence-corrected chi connectivity index (χ1v) is 7.16. The van der Waals surface area contributed by atoms with Gasteiger partial charge in [0.25, 0.3) is 5.91 Å². The SMILES string of the molecule is CCN(C(=O)c1cc(C)ccc1Br)c1cccc(F)c1. The molecule has 0 aromatic heterocycles. The first-order valence-electron chi connectivity index (χ1n) is 6.36. The van der Waals surface area contributed by atoms with Crippen molar-refractivity contribution in [3.8, 4) is 0 Å². The van der Waals surface area contributed by atoms with Gasteiger partial charge in [-0.25, -0.2) is 4.39 Å². The van der Waals surface area contributed by atoms with Gasteiger partial charge in [0.05, 0.1) is 5.56 Å². The van der Waals surface area contributed by atoms with Crippen LogP contribution in [0.1, 0.15) is 22.8 Å². The van der Waals surface area contributed by atoms with Gasteiger partial charge in [-0.3, -0.25) is 4.79 Å². The molecule has 0 aliphatic rings. The van der Waals surface area contributed by atoms with Gasteiger partial charge >= 0.3 is 0 Å². The molecule has 0 aliphatic heterocycles. The lowest BCUT2D eigenvalue weighted by Gasteiger charge is -2.22. The Bertz CT molecular complexity index is 642. The Morgan fingerprint density at radius 3 is 2.65 bits per heavy atom. The highest BCUT2D eigenvalue weighted by atomic mass is 79.9. The number of carbonyl (C=O) groups excluding carboxylic acids is 1. The summed E-state index contributed by atoms with van der Waals surface area (Å²) in [6.45, 7) is 4.27. The summed E-state index contributed by atoms with van der Waals surface area (Å²) < 4.78 is 14.1. The van der Waals surface area contributed by atoms with Crippen LogP contribution in [-0.2, 0) is 0 Å². The first-order chi connectivity index (χ1) is 9.52. The van der Waals surface area contributed by atoms with E-state index in [-0.39, 0.29) is 11.7 Å². The number of carbonyl (C=O) groups is 1. The molecule has 0 saturated carbocycles. The molecular formula is C16H15BrFNO. The monoisotopic (exact) mass is 335 g/mol. The van der Waals surface area contributed by atoms with Crippen molar-refractivity contribution in [3.05, 3.63) is 63.9 Å². The normalized spacial score (nSPS) is 10.4. The van der Waals surface area contributed by atoms with E-state index in [0.717, 1.165) is 10.0 Å². The smallest absolute Gasteiger partial charge is 0.259 e. The van der Waals surface area contributed by atoms with Gasteiger partial charge in [0.1, 0.15) is 5.82 Å². The van der Waals surface area contributed by atoms with E-state index >= 15 is 0 Å². The van der Waals surface area contributed by atoms with Gasteiger partial charge in [0.2, 0.25) is 0 Å². The molecule has 2 rings (SSSR count). The second kappa shape index (κ2) is 6.18. The molecule has 1 amide bonds. The maximum absolute atomic E-state index is 13.3. The first kappa shape index (κ1) is 14.7. The van der Waals surface area contributed by atoms with Crippen LogP contribution in [0.3, 0.4) is 0 Å². The molecule has 0 fully saturated rings. The third-order valence-corrected chi connectivity index (χ3v) is 3.73. The summed E-state index contributed by atoms with van der Waals surface area (Å²) in [4.78, 5) is 14.2. The van der Waals surface area contributed by atoms with Crippen LogP contribution in [0.15, 0.2) is 46.9 Å². The lowest BCUT2D eigenvalue weighted by molar-refractivity contribution is 0.0987. The van der Waals surface area contributed by atoms with Crippen molar-refractivity contribution in [2.24, 2.45) is 0 Å². The van der Waals surface area contributed by atoms with Gasteiger partial charge in [-0.15, -0.1) is 0 Å². The molecule has 0 bridgehead atoms. The Hall–Kier alpha value is -1.68. The van der Waals surface area contributed by atoms with E-state index in [1.807, 2.05) is 32.0 Å². The summed E-state index contributed by atoms with van der Waals surface area (Å²) >= 11 is 3.39. The number of benzene rings is 2. The molecule has 0 aliphatic carbocycles. The molecule has 2 nitrogen and oxygen atoms in total. The number of aryl methyl sites for hydroxylation is 1. The van der Waals surface area contributed by atoms with E-state index < -0.39 is 0 Å². The Balaban J connectivity index is 2.41. The number of nitrogens with zero attached hydrogens (tertiary/aromatic N) is 1. The van der Waals surface area contributed by atoms with Crippen LogP contribution in [0, 0.1) is 12.7 Å². The molecule has 0 saturated heterocycles. The van der Waals surface area contributed by atoms with E-state index in [0.29, 0.717) is 17.8 Å². The molecule has 0 radical (unpaired) electrons. The summed E-state index contributed by atoms with van der Waals surface area (Å²) in [6.07, 6.45) is 0. The van der Waals surface area contributed by atoms with E-state index in [9.17, 15) is 9.18 Å². The molecule has 2 aromatic carbocycles. The van der Waals surface area contributed by atoms with Crippen LogP contribution in [0.5, 0.6) is 0 Å². The fraction of sp³-hybridized carbons (Fsp3) is 0.188. The number of amides is 1. The lowest BCUT2D eigenvalue weighted by atomic mass is 10.1. The molecular weight excluding hydrogens is 321 g/mol. The van der Waals surface area contributed by atoms with Gasteiger partial charge in [0.15, 0.2) is 0 Å². The Morgan fingerprint density at radius 1 is 1.25 bits per heavy atom. The fourth-order valence-corrected chi connectivity index (χ4v) is 2.45. The third kappa shape index (κ3) is 3.07. The van der Waals surface area contributed by atoms with Gasteiger partial charge < -0.3 is 4.90 Å². The van der Waals surface area contributed by atoms with Crippen LogP contribution in [0.2, 0.25) is 0 Å². The zero-order chi connectivity index (χ0) is 14.7. The highest BCUT2D eigenvalue weighted by Gasteiger charge is 2.19. The van der Waals surface area contributed by atoms with Gasteiger partial charge in [-0.2, -0.15) is 0 Å². The number of halogens is 2. The summed E-state index contributed by atoms with van der Waals surface area (Å²) in [5, 5.41) is 0. The van der Waals surface area contributed by atoms with Crippen LogP contribution < -0.4 is 4.90 Å². The number of hydrogen-bond donors (Lipinski definition) is 0. The van der Waals surface area contributed by atoms with Crippen molar-refractivity contribution in [2.75, 3.05) is 11.4 Å². The second-order valence-electron chi connectivity index (χ2n) is 4.51. The van der Waals surface area contributed by atoms with E-state index in [1.54, 1.807) is 17.0 Å². The lowest BCUT2D eigenvalue weighted by Crippen LogP contribution is -2.31. The van der Waals surface area contributed by atoms with Crippen LogP contribution in [0.4, 0.5) is 10.1 Å². The average molecular weight is 336 g/mol. The number of rotatable bonds is 3. The summed E-state index contributed by atoms with van der Waals surface area (Å²) in [6, 6.07) is 11.7. The molecule has 0 atom stereocenters. The highest BCUT2D eigenvalue weighted by molar-refractivity contribution is 9.10. The number of hydrogen-bond acceptors (Lipinski definition) is 1. The molecule has 0 unspecified atom stereocenters. The summed E-state index contributed by atoms with van der Waals surface area (Å²) in [5.74, 6) is -0.495.